The predicted octanol–water partition coefficient (Wildman–Crippen LogP) is 1.98. The number of likely N-dealkylation sites (tertiary alicyclic amines) is 1. The number of nitrogens with one attached hydrogen (secondary N) is 2. The Labute approximate surface area is 115 Å². The van der Waals surface area contributed by atoms with Crippen LogP contribution in [0.3, 0.4) is 0 Å². The Kier molecular flexibility index (Phi) is 4.96. The van der Waals surface area contributed by atoms with Gasteiger partial charge in [-0.15, -0.1) is 0 Å². The molecule has 1 fully saturated rings. The lowest BCUT2D eigenvalue weighted by Gasteiger charge is -2.30. The van der Waals surface area contributed by atoms with Crippen LogP contribution in [0.2, 0.25) is 0 Å². The number of anilines is 2. The highest BCUT2D eigenvalue weighted by atomic mass is 15.1. The molecule has 0 spiro atoms. The molecule has 0 amide bonds. The summed E-state index contributed by atoms with van der Waals surface area (Å²) in [5.41, 5.74) is 1.21. The third-order valence-electron chi connectivity index (χ3n) is 3.74. The van der Waals surface area contributed by atoms with Crippen molar-refractivity contribution in [2.24, 2.45) is 0 Å². The zero-order valence-corrected chi connectivity index (χ0v) is 12.2. The summed E-state index contributed by atoms with van der Waals surface area (Å²) in [6, 6.07) is 0.534. The van der Waals surface area contributed by atoms with Gasteiger partial charge in [0.1, 0.15) is 18.0 Å². The Bertz CT molecular complexity index is 399. The average molecular weight is 263 g/mol. The van der Waals surface area contributed by atoms with Gasteiger partial charge in [-0.2, -0.15) is 0 Å². The molecular weight excluding hydrogens is 238 g/mol. The molecule has 0 radical (unpaired) electrons. The molecule has 0 saturated carbocycles. The average Bonchev–Trinajstić information content (AvgIpc) is 2.43. The minimum Gasteiger partial charge on any atom is -0.373 e. The number of piperidine rings is 1. The Morgan fingerprint density at radius 1 is 1.26 bits per heavy atom. The van der Waals surface area contributed by atoms with Gasteiger partial charge in [0, 0.05) is 18.7 Å². The van der Waals surface area contributed by atoms with Crippen LogP contribution < -0.4 is 10.6 Å². The Hall–Kier alpha value is -1.36. The van der Waals surface area contributed by atoms with Crippen molar-refractivity contribution >= 4 is 11.6 Å². The number of nitrogens with zero attached hydrogens (tertiary/aromatic N) is 3. The summed E-state index contributed by atoms with van der Waals surface area (Å²) in [6.07, 6.45) is 6.11. The molecule has 2 heterocycles. The second-order valence-corrected chi connectivity index (χ2v) is 5.27. The second kappa shape index (κ2) is 6.70. The lowest BCUT2D eigenvalue weighted by Crippen LogP contribution is -2.37. The van der Waals surface area contributed by atoms with E-state index in [1.165, 1.54) is 18.4 Å². The minimum atomic E-state index is 0.534. The fourth-order valence-electron chi connectivity index (χ4n) is 2.59. The third-order valence-corrected chi connectivity index (χ3v) is 3.74. The van der Waals surface area contributed by atoms with Crippen molar-refractivity contribution in [2.75, 3.05) is 37.8 Å². The highest BCUT2D eigenvalue weighted by Crippen LogP contribution is 2.23. The summed E-state index contributed by atoms with van der Waals surface area (Å²) in [6.45, 7) is 4.50. The van der Waals surface area contributed by atoms with Gasteiger partial charge in [0.2, 0.25) is 0 Å². The van der Waals surface area contributed by atoms with Crippen LogP contribution in [0.5, 0.6) is 0 Å². The van der Waals surface area contributed by atoms with Crippen molar-refractivity contribution in [1.29, 1.82) is 0 Å². The van der Waals surface area contributed by atoms with Gasteiger partial charge in [0.25, 0.3) is 0 Å². The lowest BCUT2D eigenvalue weighted by molar-refractivity contribution is 0.263. The highest BCUT2D eigenvalue weighted by Gasteiger charge is 2.19. The molecule has 1 aliphatic rings. The zero-order valence-electron chi connectivity index (χ0n) is 12.2. The normalized spacial score (nSPS) is 17.4. The minimum absolute atomic E-state index is 0.534. The van der Waals surface area contributed by atoms with E-state index >= 15 is 0 Å². The van der Waals surface area contributed by atoms with Gasteiger partial charge < -0.3 is 15.5 Å². The number of aromatic nitrogens is 2. The molecule has 5 nitrogen and oxygen atoms in total. The first-order valence-electron chi connectivity index (χ1n) is 7.21. The Balaban J connectivity index is 2.10. The maximum atomic E-state index is 4.44. The zero-order chi connectivity index (χ0) is 13.7. The first kappa shape index (κ1) is 14.1. The number of hydrogen-bond donors (Lipinski definition) is 2. The maximum Gasteiger partial charge on any atom is 0.134 e. The van der Waals surface area contributed by atoms with Crippen molar-refractivity contribution in [3.8, 4) is 0 Å². The lowest BCUT2D eigenvalue weighted by atomic mass is 10.0. The standard InChI is InChI=1S/C14H25N5/c1-4-5-12-13(15-2)16-10-17-14(12)18-11-6-8-19(3)9-7-11/h10-11H,4-9H2,1-3H3,(H2,15,16,17,18). The Morgan fingerprint density at radius 3 is 2.58 bits per heavy atom. The van der Waals surface area contributed by atoms with E-state index in [9.17, 15) is 0 Å². The largest absolute Gasteiger partial charge is 0.373 e. The molecule has 2 rings (SSSR count). The van der Waals surface area contributed by atoms with E-state index in [4.69, 9.17) is 0 Å². The molecule has 2 N–H and O–H groups in total. The molecule has 1 aliphatic heterocycles. The Morgan fingerprint density at radius 2 is 1.95 bits per heavy atom. The summed E-state index contributed by atoms with van der Waals surface area (Å²) in [5, 5.41) is 6.78. The molecule has 0 aliphatic carbocycles. The van der Waals surface area contributed by atoms with Crippen molar-refractivity contribution in [1.82, 2.24) is 14.9 Å². The van der Waals surface area contributed by atoms with Crippen LogP contribution >= 0.6 is 0 Å². The van der Waals surface area contributed by atoms with E-state index in [0.717, 1.165) is 37.6 Å². The smallest absolute Gasteiger partial charge is 0.134 e. The molecule has 1 saturated heterocycles. The number of rotatable bonds is 5. The van der Waals surface area contributed by atoms with Crippen LogP contribution in [0.25, 0.3) is 0 Å². The maximum absolute atomic E-state index is 4.44. The molecule has 0 atom stereocenters. The van der Waals surface area contributed by atoms with Crippen molar-refractivity contribution in [3.05, 3.63) is 11.9 Å². The molecule has 5 heteroatoms. The van der Waals surface area contributed by atoms with Crippen molar-refractivity contribution in [3.63, 3.8) is 0 Å². The SMILES string of the molecule is CCCc1c(NC)ncnc1NC1CCN(C)CC1. The van der Waals surface area contributed by atoms with Crippen molar-refractivity contribution < 1.29 is 0 Å². The molecule has 106 valence electrons. The van der Waals surface area contributed by atoms with Crippen LogP contribution in [0.15, 0.2) is 6.33 Å². The van der Waals surface area contributed by atoms with Crippen LogP contribution in [-0.4, -0.2) is 48.1 Å². The van der Waals surface area contributed by atoms with Gasteiger partial charge in [-0.25, -0.2) is 9.97 Å². The fourth-order valence-corrected chi connectivity index (χ4v) is 2.59. The van der Waals surface area contributed by atoms with Gasteiger partial charge in [-0.1, -0.05) is 13.3 Å². The van der Waals surface area contributed by atoms with Gasteiger partial charge in [-0.3, -0.25) is 0 Å². The first-order valence-corrected chi connectivity index (χ1v) is 7.21. The first-order chi connectivity index (χ1) is 9.24. The molecule has 1 aromatic rings. The van der Waals surface area contributed by atoms with E-state index in [-0.39, 0.29) is 0 Å². The van der Waals surface area contributed by atoms with Crippen LogP contribution in [0.4, 0.5) is 11.6 Å². The topological polar surface area (TPSA) is 53.1 Å². The van der Waals surface area contributed by atoms with Gasteiger partial charge in [0.15, 0.2) is 0 Å². The summed E-state index contributed by atoms with van der Waals surface area (Å²) in [5.74, 6) is 1.96. The van der Waals surface area contributed by atoms with E-state index in [0.29, 0.717) is 6.04 Å². The van der Waals surface area contributed by atoms with Crippen molar-refractivity contribution in [2.45, 2.75) is 38.6 Å². The monoisotopic (exact) mass is 263 g/mol. The summed E-state index contributed by atoms with van der Waals surface area (Å²) in [4.78, 5) is 11.1. The van der Waals surface area contributed by atoms with E-state index in [1.807, 2.05) is 7.05 Å². The summed E-state index contributed by atoms with van der Waals surface area (Å²) < 4.78 is 0. The van der Waals surface area contributed by atoms with Gasteiger partial charge >= 0.3 is 0 Å². The molecule has 0 aromatic carbocycles. The highest BCUT2D eigenvalue weighted by molar-refractivity contribution is 5.57. The van der Waals surface area contributed by atoms with E-state index in [1.54, 1.807) is 6.33 Å². The van der Waals surface area contributed by atoms with Gasteiger partial charge in [0.05, 0.1) is 0 Å². The fraction of sp³-hybridized carbons (Fsp3) is 0.714. The molecule has 1 aromatic heterocycles. The summed E-state index contributed by atoms with van der Waals surface area (Å²) >= 11 is 0. The van der Waals surface area contributed by atoms with E-state index in [2.05, 4.69) is 39.5 Å². The number of hydrogen-bond acceptors (Lipinski definition) is 5. The van der Waals surface area contributed by atoms with E-state index < -0.39 is 0 Å². The molecular formula is C14H25N5. The quantitative estimate of drug-likeness (QED) is 0.850. The third kappa shape index (κ3) is 3.56. The second-order valence-electron chi connectivity index (χ2n) is 5.27. The predicted molar refractivity (Wildman–Crippen MR) is 79.7 cm³/mol. The molecule has 0 unspecified atom stereocenters. The van der Waals surface area contributed by atoms with Crippen LogP contribution in [-0.2, 0) is 6.42 Å². The van der Waals surface area contributed by atoms with Gasteiger partial charge in [-0.05, 0) is 39.4 Å². The molecule has 0 bridgehead atoms. The molecule has 19 heavy (non-hydrogen) atoms. The summed E-state index contributed by atoms with van der Waals surface area (Å²) in [7, 11) is 4.10. The van der Waals surface area contributed by atoms with Crippen LogP contribution in [0, 0.1) is 0 Å². The van der Waals surface area contributed by atoms with Crippen LogP contribution in [0.1, 0.15) is 31.7 Å².